The summed E-state index contributed by atoms with van der Waals surface area (Å²) in [6, 6.07) is 3.62. The Balaban J connectivity index is 1.43. The number of ether oxygens (including phenoxy) is 7. The third kappa shape index (κ3) is 10.5. The van der Waals surface area contributed by atoms with Crippen LogP contribution in [-0.2, 0) is 49.2 Å². The van der Waals surface area contributed by atoms with Gasteiger partial charge in [-0.05, 0) is 97.9 Å². The Morgan fingerprint density at radius 1 is 0.985 bits per heavy atom. The minimum Gasteiger partial charge on any atom is -0.458 e. The summed E-state index contributed by atoms with van der Waals surface area (Å²) >= 11 is 12.5. The molecule has 6 rings (SSSR count). The van der Waals surface area contributed by atoms with Gasteiger partial charge in [-0.2, -0.15) is 0 Å². The maximum atomic E-state index is 15.0. The number of rotatable bonds is 10. The van der Waals surface area contributed by atoms with Crippen LogP contribution in [0.15, 0.2) is 18.2 Å². The fraction of sp³-hybridized carbons (Fsp3) is 0.771. The number of methoxy groups -OCH3 is 1. The standard InChI is InChI=1S/C48H71Cl2N3O13/c1-12-36-48(9)40(52(44(57)66-48)20-19-31-17-18-33(49)34(50)22-31)28(5)37(54)25(2)23-47(8,60-11)41(65-43-38(55)35(21-27(4)62-43)51(10)32-15-13-14-16-32)29(6)39(30(7)42(56)63-36)64-46(59)53-26(3)24-61-45(53)58/h17-18,22,25-30,32,35-36,38-41,43,55H,12-16,19-21,23-24H2,1-11H3/t25-,26+,27-,28+,29+,30-,35+,36-,38-,39+,40-,41-,43?,47+,48-/m1/s1. The largest absolute Gasteiger partial charge is 0.458 e. The molecule has 4 saturated heterocycles. The van der Waals surface area contributed by atoms with E-state index >= 15 is 4.79 Å². The number of aliphatic hydroxyl groups excluding tert-OH is 1. The number of likely N-dealkylation sites (N-methyl/N-ethyl adjacent to an activating group) is 1. The fourth-order valence-electron chi connectivity index (χ4n) is 11.4. The van der Waals surface area contributed by atoms with Crippen LogP contribution in [0.25, 0.3) is 0 Å². The summed E-state index contributed by atoms with van der Waals surface area (Å²) in [5.41, 5.74) is -2.10. The van der Waals surface area contributed by atoms with Gasteiger partial charge < -0.3 is 38.3 Å². The fourth-order valence-corrected chi connectivity index (χ4v) is 11.7. The van der Waals surface area contributed by atoms with Crippen LogP contribution in [0.4, 0.5) is 14.4 Å². The number of esters is 1. The van der Waals surface area contributed by atoms with Crippen LogP contribution in [-0.4, -0.2) is 149 Å². The maximum Gasteiger partial charge on any atom is 0.419 e. The number of hydrogen-bond acceptors (Lipinski definition) is 14. The van der Waals surface area contributed by atoms with E-state index in [0.29, 0.717) is 28.9 Å². The van der Waals surface area contributed by atoms with E-state index in [1.165, 1.54) is 12.0 Å². The molecule has 0 aromatic heterocycles. The highest BCUT2D eigenvalue weighted by Crippen LogP contribution is 2.44. The van der Waals surface area contributed by atoms with E-state index in [4.69, 9.17) is 56.4 Å². The monoisotopic (exact) mass is 967 g/mol. The molecule has 1 N–H and O–H groups in total. The van der Waals surface area contributed by atoms with Gasteiger partial charge in [-0.15, -0.1) is 0 Å². The molecule has 66 heavy (non-hydrogen) atoms. The second-order valence-electron chi connectivity index (χ2n) is 19.9. The van der Waals surface area contributed by atoms with Gasteiger partial charge in [0.25, 0.3) is 0 Å². The second-order valence-corrected chi connectivity index (χ2v) is 20.7. The number of ketones is 1. The summed E-state index contributed by atoms with van der Waals surface area (Å²) in [5.74, 6) is -4.75. The number of nitrogens with zero attached hydrogens (tertiary/aromatic N) is 3. The van der Waals surface area contributed by atoms with Gasteiger partial charge in [-0.3, -0.25) is 19.4 Å². The Bertz CT molecular complexity index is 1940. The van der Waals surface area contributed by atoms with Crippen LogP contribution in [0.1, 0.15) is 113 Å². The average Bonchev–Trinajstić information content (AvgIpc) is 4.00. The van der Waals surface area contributed by atoms with Crippen molar-refractivity contribution in [2.75, 3.05) is 27.3 Å². The minimum atomic E-state index is -1.52. The molecule has 1 aromatic rings. The molecule has 18 heteroatoms. The zero-order valence-electron chi connectivity index (χ0n) is 40.3. The molecule has 3 amide bonds. The molecule has 0 bridgehead atoms. The maximum absolute atomic E-state index is 15.0. The predicted molar refractivity (Wildman–Crippen MR) is 244 cm³/mol. The van der Waals surface area contributed by atoms with Crippen molar-refractivity contribution in [2.24, 2.45) is 23.7 Å². The smallest absolute Gasteiger partial charge is 0.419 e. The molecule has 1 unspecified atom stereocenters. The van der Waals surface area contributed by atoms with Crippen LogP contribution in [0, 0.1) is 23.7 Å². The molecule has 4 aliphatic heterocycles. The number of Topliss-reactive ketones (excluding diaryl/α,β-unsaturated/α-hetero) is 1. The van der Waals surface area contributed by atoms with Crippen molar-refractivity contribution in [3.05, 3.63) is 33.8 Å². The molecular weight excluding hydrogens is 897 g/mol. The first-order valence-electron chi connectivity index (χ1n) is 23.7. The van der Waals surface area contributed by atoms with E-state index in [2.05, 4.69) is 4.90 Å². The van der Waals surface area contributed by atoms with Crippen molar-refractivity contribution >= 4 is 53.2 Å². The number of fused-ring (bicyclic) bond motifs is 1. The summed E-state index contributed by atoms with van der Waals surface area (Å²) in [4.78, 5) is 75.4. The highest BCUT2D eigenvalue weighted by molar-refractivity contribution is 6.42. The van der Waals surface area contributed by atoms with Crippen LogP contribution in [0.5, 0.6) is 0 Å². The Labute approximate surface area is 399 Å². The third-order valence-corrected chi connectivity index (χ3v) is 16.0. The number of amides is 3. The lowest BCUT2D eigenvalue weighted by molar-refractivity contribution is -0.303. The SMILES string of the molecule is CC[C@H]1OC(=O)[C@H](C)[C@@H](OC(=O)N2C(=O)OC[C@@H]2C)[C@H](C)[C@@H](OC2O[C@H](C)C[C@H](N(C)C3CCCC3)[C@H]2O)[C@@](C)(OC)C[C@@H](C)C(=O)[C@H](C)[C@H]2N(CCc3ccc(Cl)c(Cl)c3)C(=O)O[C@]12C. The van der Waals surface area contributed by atoms with Gasteiger partial charge in [-0.1, -0.05) is 69.8 Å². The minimum absolute atomic E-state index is 0.0454. The Morgan fingerprint density at radius 3 is 2.27 bits per heavy atom. The van der Waals surface area contributed by atoms with Crippen molar-refractivity contribution in [3.63, 3.8) is 0 Å². The van der Waals surface area contributed by atoms with Crippen molar-refractivity contribution in [3.8, 4) is 0 Å². The van der Waals surface area contributed by atoms with Crippen molar-refractivity contribution in [1.82, 2.24) is 14.7 Å². The van der Waals surface area contributed by atoms with Crippen LogP contribution in [0.2, 0.25) is 10.0 Å². The van der Waals surface area contributed by atoms with E-state index < -0.39 is 102 Å². The molecule has 16 nitrogen and oxygen atoms in total. The summed E-state index contributed by atoms with van der Waals surface area (Å²) in [5, 5.41) is 12.9. The summed E-state index contributed by atoms with van der Waals surface area (Å²) in [6.07, 6.45) is -3.40. The van der Waals surface area contributed by atoms with E-state index in [0.717, 1.165) is 36.1 Å². The molecule has 370 valence electrons. The number of aliphatic hydroxyl groups is 1. The normalized spacial score (nSPS) is 38.5. The third-order valence-electron chi connectivity index (χ3n) is 15.2. The lowest BCUT2D eigenvalue weighted by Crippen LogP contribution is -2.62. The number of carbonyl (C=O) groups excluding carboxylic acids is 5. The van der Waals surface area contributed by atoms with Crippen LogP contribution < -0.4 is 0 Å². The quantitative estimate of drug-likeness (QED) is 0.177. The first-order chi connectivity index (χ1) is 31.1. The van der Waals surface area contributed by atoms with Crippen molar-refractivity contribution in [1.29, 1.82) is 0 Å². The topological polar surface area (TPSA) is 180 Å². The second kappa shape index (κ2) is 21.2. The Hall–Kier alpha value is -3.25. The first kappa shape index (κ1) is 52.1. The van der Waals surface area contributed by atoms with Gasteiger partial charge in [0.1, 0.15) is 30.7 Å². The Kier molecular flexibility index (Phi) is 16.7. The van der Waals surface area contributed by atoms with E-state index in [9.17, 15) is 24.3 Å². The van der Waals surface area contributed by atoms with Gasteiger partial charge in [0, 0.05) is 43.5 Å². The molecular formula is C48H71Cl2N3O13. The molecule has 5 aliphatic rings. The average molecular weight is 969 g/mol. The zero-order chi connectivity index (χ0) is 48.6. The van der Waals surface area contributed by atoms with Gasteiger partial charge in [0.2, 0.25) is 0 Å². The van der Waals surface area contributed by atoms with Crippen molar-refractivity contribution < 1.29 is 62.2 Å². The highest BCUT2D eigenvalue weighted by Gasteiger charge is 2.61. The van der Waals surface area contributed by atoms with E-state index in [1.807, 2.05) is 20.0 Å². The molecule has 4 heterocycles. The first-order valence-corrected chi connectivity index (χ1v) is 24.4. The lowest BCUT2D eigenvalue weighted by atomic mass is 9.73. The predicted octanol–water partition coefficient (Wildman–Crippen LogP) is 7.83. The van der Waals surface area contributed by atoms with Crippen LogP contribution in [0.3, 0.4) is 0 Å². The molecule has 0 radical (unpaired) electrons. The van der Waals surface area contributed by atoms with Gasteiger partial charge in [-0.25, -0.2) is 19.3 Å². The highest BCUT2D eigenvalue weighted by atomic mass is 35.5. The number of benzene rings is 1. The number of hydrogen-bond donors (Lipinski definition) is 1. The van der Waals surface area contributed by atoms with Gasteiger partial charge in [0.05, 0.1) is 45.9 Å². The van der Waals surface area contributed by atoms with E-state index in [1.54, 1.807) is 67.5 Å². The number of carbonyl (C=O) groups is 5. The molecule has 5 fully saturated rings. The van der Waals surface area contributed by atoms with Gasteiger partial charge >= 0.3 is 24.2 Å². The molecule has 0 spiro atoms. The molecule has 1 aliphatic carbocycles. The summed E-state index contributed by atoms with van der Waals surface area (Å²) in [7, 11) is 3.51. The molecule has 1 saturated carbocycles. The van der Waals surface area contributed by atoms with E-state index in [-0.39, 0.29) is 43.9 Å². The summed E-state index contributed by atoms with van der Waals surface area (Å²) in [6.45, 7) is 15.7. The molecule has 1 aromatic carbocycles. The van der Waals surface area contributed by atoms with Crippen molar-refractivity contribution in [2.45, 2.75) is 186 Å². The number of imide groups is 1. The number of cyclic esters (lactones) is 2. The Morgan fingerprint density at radius 2 is 1.67 bits per heavy atom. The zero-order valence-corrected chi connectivity index (χ0v) is 41.8. The van der Waals surface area contributed by atoms with Crippen LogP contribution >= 0.6 is 23.2 Å². The lowest BCUT2D eigenvalue weighted by Gasteiger charge is -2.49. The van der Waals surface area contributed by atoms with Gasteiger partial charge in [0.15, 0.2) is 11.9 Å². The summed E-state index contributed by atoms with van der Waals surface area (Å²) < 4.78 is 43.7. The number of halogens is 2. The molecule has 15 atom stereocenters.